The van der Waals surface area contributed by atoms with Gasteiger partial charge in [0.25, 0.3) is 0 Å². The van der Waals surface area contributed by atoms with Crippen LogP contribution in [0.15, 0.2) is 30.3 Å². The van der Waals surface area contributed by atoms with E-state index in [2.05, 4.69) is 36.3 Å². The molecule has 1 rings (SSSR count). The monoisotopic (exact) mass is 772 g/mol. The van der Waals surface area contributed by atoms with Crippen LogP contribution in [-0.4, -0.2) is 0 Å². The van der Waals surface area contributed by atoms with Crippen molar-refractivity contribution in [2.45, 2.75) is 6.92 Å². The minimum Gasteiger partial charge on any atom is -0.750 e. The molecular weight excluding hydrogens is 764 g/mol. The summed E-state index contributed by atoms with van der Waals surface area (Å²) in [4.78, 5) is 58.4. The molecule has 0 radical (unpaired) electrons. The van der Waals surface area contributed by atoms with Crippen molar-refractivity contribution in [1.82, 2.24) is 0 Å². The van der Waals surface area contributed by atoms with E-state index in [-0.39, 0.29) is 31.1 Å². The van der Waals surface area contributed by atoms with Crippen LogP contribution in [0.3, 0.4) is 0 Å². The molecule has 0 aliphatic carbocycles. The second-order valence-corrected chi connectivity index (χ2v) is 9.96. The molecular formula is C7H8O16P6U-2. The Morgan fingerprint density at radius 2 is 0.900 bits per heavy atom. The molecule has 30 heavy (non-hydrogen) atoms. The van der Waals surface area contributed by atoms with Crippen molar-refractivity contribution >= 4 is 48.7 Å². The first-order chi connectivity index (χ1) is 13.1. The van der Waals surface area contributed by atoms with Crippen LogP contribution in [0.4, 0.5) is 0 Å². The van der Waals surface area contributed by atoms with E-state index in [0.29, 0.717) is 0 Å². The van der Waals surface area contributed by atoms with Crippen molar-refractivity contribution in [3.8, 4) is 0 Å². The van der Waals surface area contributed by atoms with E-state index < -0.39 is 48.7 Å². The Kier molecular flexibility index (Phi) is 21.4. The Balaban J connectivity index is -0.000000366. The third-order valence-corrected chi connectivity index (χ3v) is 6.94. The van der Waals surface area contributed by atoms with Gasteiger partial charge < -0.3 is 29.4 Å². The molecule has 0 aromatic heterocycles. The summed E-state index contributed by atoms with van der Waals surface area (Å²) >= 11 is 0. The molecule has 1 aromatic rings. The fourth-order valence-electron chi connectivity index (χ4n) is 0.891. The van der Waals surface area contributed by atoms with Gasteiger partial charge >= 0.3 is 48.7 Å². The van der Waals surface area contributed by atoms with Gasteiger partial charge in [0, 0.05) is 31.1 Å². The maximum absolute atomic E-state index is 10.1. The predicted octanol–water partition coefficient (Wildman–Crippen LogP) is -0.958. The number of hydrogen-bond donors (Lipinski definition) is 0. The van der Waals surface area contributed by atoms with Crippen LogP contribution in [0, 0.1) is 38.0 Å². The standard InChI is InChI=1S/C7H8.2HO8P3.U/c1-7-5-3-2-4-6-7;2*1-9(2)7-11(5,6)8-10(3)4;/h2-6H,1H3;2*(H,5,6);/p-2. The van der Waals surface area contributed by atoms with Crippen molar-refractivity contribution in [1.29, 1.82) is 0 Å². The number of rotatable bonds is 8. The largest absolute Gasteiger partial charge is 0.750 e. The van der Waals surface area contributed by atoms with Crippen LogP contribution in [0.25, 0.3) is 0 Å². The molecule has 4 atom stereocenters. The van der Waals surface area contributed by atoms with E-state index in [0.717, 1.165) is 0 Å². The third-order valence-electron chi connectivity index (χ3n) is 1.61. The molecule has 16 nitrogen and oxygen atoms in total. The minimum absolute atomic E-state index is 0. The molecule has 0 saturated heterocycles. The Morgan fingerprint density at radius 1 is 0.667 bits per heavy atom. The quantitative estimate of drug-likeness (QED) is 0.288. The summed E-state index contributed by atoms with van der Waals surface area (Å²) in [6, 6.07) is 10.3. The molecule has 23 heteroatoms. The summed E-state index contributed by atoms with van der Waals surface area (Å²) in [7, 11) is -25.2. The third kappa shape index (κ3) is 26.8. The number of phosphoric acid groups is 2. The van der Waals surface area contributed by atoms with E-state index >= 15 is 0 Å². The van der Waals surface area contributed by atoms with Gasteiger partial charge in [-0.3, -0.25) is 9.13 Å². The maximum atomic E-state index is 10.1. The van der Waals surface area contributed by atoms with Gasteiger partial charge in [-0.1, -0.05) is 53.1 Å². The first-order valence-electron chi connectivity index (χ1n) is 6.06. The van der Waals surface area contributed by atoms with Gasteiger partial charge in [0.15, 0.2) is 0 Å². The molecule has 4 unspecified atom stereocenters. The molecule has 0 heterocycles. The molecule has 0 saturated carbocycles. The molecule has 1 aromatic carbocycles. The molecule has 0 fully saturated rings. The van der Waals surface area contributed by atoms with Crippen LogP contribution in [0.2, 0.25) is 0 Å². The van der Waals surface area contributed by atoms with Gasteiger partial charge in [0.1, 0.15) is 0 Å². The van der Waals surface area contributed by atoms with E-state index in [1.54, 1.807) is 0 Å². The smallest absolute Gasteiger partial charge is 0.496 e. The van der Waals surface area contributed by atoms with Crippen LogP contribution in [0.1, 0.15) is 5.56 Å². The Morgan fingerprint density at radius 3 is 1.03 bits per heavy atom. The maximum Gasteiger partial charge on any atom is 0.496 e. The molecule has 0 spiro atoms. The molecule has 0 aliphatic rings. The van der Waals surface area contributed by atoms with Gasteiger partial charge in [-0.05, 0) is 25.2 Å². The summed E-state index contributed by atoms with van der Waals surface area (Å²) in [6.45, 7) is 2.08. The zero-order valence-electron chi connectivity index (χ0n) is 14.1. The van der Waals surface area contributed by atoms with Crippen molar-refractivity contribution in [2.75, 3.05) is 0 Å². The summed E-state index contributed by atoms with van der Waals surface area (Å²) < 4.78 is 70.8. The SMILES string of the molecule is Cc1ccccc1.O=[P+]([O-])OP(=O)([O-])O[P+](=O)[O-].O=[P+]([O-])OP(=O)([O-])O[P+](=O)[O-].[U]. The number of hydrogen-bond acceptors (Lipinski definition) is 16. The van der Waals surface area contributed by atoms with Gasteiger partial charge in [0.05, 0.1) is 0 Å². The predicted molar refractivity (Wildman–Crippen MR) is 81.2 cm³/mol. The summed E-state index contributed by atoms with van der Waals surface area (Å²) in [5, 5.41) is 0. The average molecular weight is 772 g/mol. The molecule has 0 amide bonds. The zero-order chi connectivity index (χ0) is 23.3. The van der Waals surface area contributed by atoms with Crippen molar-refractivity contribution in [3.63, 3.8) is 0 Å². The summed E-state index contributed by atoms with van der Waals surface area (Å²) in [5.74, 6) is 0. The van der Waals surface area contributed by atoms with Crippen LogP contribution < -0.4 is 29.4 Å². The first-order valence-corrected chi connectivity index (χ1v) is 13.4. The normalized spacial score (nSPS) is 15.8. The first kappa shape index (κ1) is 35.3. The summed E-state index contributed by atoms with van der Waals surface area (Å²) in [5.41, 5.74) is 1.32. The molecule has 0 bridgehead atoms. The van der Waals surface area contributed by atoms with Crippen molar-refractivity contribution < 1.29 is 105 Å². The second kappa shape index (κ2) is 18.2. The zero-order valence-corrected chi connectivity index (χ0v) is 23.6. The second-order valence-electron chi connectivity index (χ2n) is 3.77. The molecule has 0 aliphatic heterocycles. The topological polar surface area (TPSA) is 278 Å². The Hall–Kier alpha value is 0.732. The van der Waals surface area contributed by atoms with E-state index in [1.807, 2.05) is 18.2 Å². The van der Waals surface area contributed by atoms with Gasteiger partial charge in [0.2, 0.25) is 0 Å². The van der Waals surface area contributed by atoms with Crippen LogP contribution >= 0.6 is 48.7 Å². The molecule has 0 N–H and O–H groups in total. The Labute approximate surface area is 196 Å². The van der Waals surface area contributed by atoms with Crippen molar-refractivity contribution in [2.24, 2.45) is 0 Å². The van der Waals surface area contributed by atoms with E-state index in [4.69, 9.17) is 0 Å². The van der Waals surface area contributed by atoms with Crippen LogP contribution in [-0.2, 0) is 44.6 Å². The Bertz CT molecular complexity index is 713. The van der Waals surface area contributed by atoms with Gasteiger partial charge in [-0.15, -0.1) is 0 Å². The van der Waals surface area contributed by atoms with Crippen molar-refractivity contribution in [3.05, 3.63) is 35.9 Å². The minimum atomic E-state index is -5.25. The van der Waals surface area contributed by atoms with Crippen LogP contribution in [0.5, 0.6) is 0 Å². The number of aryl methyl sites for hydroxylation is 1. The molecule has 168 valence electrons. The fraction of sp³-hybridized carbons (Fsp3) is 0.143. The average Bonchev–Trinajstić information content (AvgIpc) is 2.43. The van der Waals surface area contributed by atoms with Gasteiger partial charge in [-0.2, -0.15) is 0 Å². The summed E-state index contributed by atoms with van der Waals surface area (Å²) in [6.07, 6.45) is 0. The van der Waals surface area contributed by atoms with E-state index in [9.17, 15) is 56.8 Å². The fourth-order valence-corrected chi connectivity index (χ4v) is 4.28. The number of benzene rings is 1. The van der Waals surface area contributed by atoms with Gasteiger partial charge in [-0.25, -0.2) is 0 Å². The van der Waals surface area contributed by atoms with E-state index in [1.165, 1.54) is 5.56 Å².